The molecule has 0 radical (unpaired) electrons. The number of rotatable bonds is 5. The average Bonchev–Trinajstić information content (AvgIpc) is 2.85. The Hall–Kier alpha value is -1.40. The van der Waals surface area contributed by atoms with Gasteiger partial charge < -0.3 is 5.11 Å². The van der Waals surface area contributed by atoms with Gasteiger partial charge in [-0.15, -0.1) is 5.10 Å². The molecular weight excluding hydrogens is 260 g/mol. The van der Waals surface area contributed by atoms with Crippen molar-refractivity contribution in [2.24, 2.45) is 5.92 Å². The molecule has 2 rings (SSSR count). The largest absolute Gasteiger partial charge is 0.389 e. The topological polar surface area (TPSA) is 63.8 Å². The minimum Gasteiger partial charge on any atom is -0.389 e. The maximum atomic E-state index is 10.3. The molecular formula is C13H18N4OS. The van der Waals surface area contributed by atoms with Crippen molar-refractivity contribution >= 4 is 11.8 Å². The fourth-order valence-corrected chi connectivity index (χ4v) is 2.49. The highest BCUT2D eigenvalue weighted by atomic mass is 32.2. The molecule has 0 saturated carbocycles. The molecule has 0 bridgehead atoms. The second-order valence-corrected chi connectivity index (χ2v) is 5.95. The minimum atomic E-state index is -0.738. The van der Waals surface area contributed by atoms with Crippen LogP contribution in [0.2, 0.25) is 0 Å². The number of nitrogens with zero attached hydrogens (tertiary/aromatic N) is 4. The SMILES string of the molecule is CC(C)C(C)(O)CSc1nnnn1-c1ccccc1. The van der Waals surface area contributed by atoms with Crippen molar-refractivity contribution in [1.82, 2.24) is 20.2 Å². The minimum absolute atomic E-state index is 0.182. The van der Waals surface area contributed by atoms with Gasteiger partial charge in [-0.2, -0.15) is 4.68 Å². The summed E-state index contributed by atoms with van der Waals surface area (Å²) in [5.41, 5.74) is 0.178. The molecule has 1 aromatic heterocycles. The first-order valence-electron chi connectivity index (χ1n) is 6.19. The highest BCUT2D eigenvalue weighted by molar-refractivity contribution is 7.99. The molecule has 0 aliphatic rings. The van der Waals surface area contributed by atoms with E-state index in [0.29, 0.717) is 10.9 Å². The van der Waals surface area contributed by atoms with Crippen molar-refractivity contribution in [3.05, 3.63) is 30.3 Å². The molecule has 0 fully saturated rings. The molecule has 0 saturated heterocycles. The molecule has 2 aromatic rings. The number of thioether (sulfide) groups is 1. The van der Waals surface area contributed by atoms with Crippen LogP contribution < -0.4 is 0 Å². The number of aliphatic hydroxyl groups is 1. The van der Waals surface area contributed by atoms with Crippen molar-refractivity contribution in [3.8, 4) is 5.69 Å². The molecule has 6 heteroatoms. The number of hydrogen-bond donors (Lipinski definition) is 1. The normalized spacial score (nSPS) is 14.6. The van der Waals surface area contributed by atoms with Gasteiger partial charge in [0.1, 0.15) is 0 Å². The fraction of sp³-hybridized carbons (Fsp3) is 0.462. The summed E-state index contributed by atoms with van der Waals surface area (Å²) in [5, 5.41) is 22.6. The number of hydrogen-bond acceptors (Lipinski definition) is 5. The Morgan fingerprint density at radius 3 is 2.63 bits per heavy atom. The molecule has 1 N–H and O–H groups in total. The van der Waals surface area contributed by atoms with Crippen LogP contribution in [0.4, 0.5) is 0 Å². The predicted octanol–water partition coefficient (Wildman–Crippen LogP) is 2.16. The van der Waals surface area contributed by atoms with Gasteiger partial charge in [0.2, 0.25) is 5.16 Å². The van der Waals surface area contributed by atoms with Crippen LogP contribution in [0.15, 0.2) is 35.5 Å². The Balaban J connectivity index is 2.13. The summed E-state index contributed by atoms with van der Waals surface area (Å²) in [6, 6.07) is 9.72. The van der Waals surface area contributed by atoms with Crippen molar-refractivity contribution < 1.29 is 5.11 Å². The number of para-hydroxylation sites is 1. The maximum absolute atomic E-state index is 10.3. The third-order valence-corrected chi connectivity index (χ3v) is 4.42. The lowest BCUT2D eigenvalue weighted by Crippen LogP contribution is -2.33. The Morgan fingerprint density at radius 1 is 1.32 bits per heavy atom. The van der Waals surface area contributed by atoms with Crippen LogP contribution in [0.25, 0.3) is 5.69 Å². The van der Waals surface area contributed by atoms with Gasteiger partial charge in [-0.25, -0.2) is 0 Å². The highest BCUT2D eigenvalue weighted by Crippen LogP contribution is 2.26. The first-order valence-corrected chi connectivity index (χ1v) is 7.18. The predicted molar refractivity (Wildman–Crippen MR) is 75.3 cm³/mol. The number of tetrazole rings is 1. The molecule has 0 amide bonds. The van der Waals surface area contributed by atoms with Gasteiger partial charge >= 0.3 is 0 Å². The molecule has 5 nitrogen and oxygen atoms in total. The molecule has 0 aliphatic carbocycles. The molecule has 1 aromatic carbocycles. The summed E-state index contributed by atoms with van der Waals surface area (Å²) >= 11 is 1.46. The molecule has 1 atom stereocenters. The first kappa shape index (κ1) is 14.0. The van der Waals surface area contributed by atoms with Gasteiger partial charge in [0, 0.05) is 5.75 Å². The highest BCUT2D eigenvalue weighted by Gasteiger charge is 2.26. The smallest absolute Gasteiger partial charge is 0.214 e. The van der Waals surface area contributed by atoms with Crippen LogP contribution in [0.5, 0.6) is 0 Å². The summed E-state index contributed by atoms with van der Waals surface area (Å²) in [6.45, 7) is 5.84. The third-order valence-electron chi connectivity index (χ3n) is 3.18. The third kappa shape index (κ3) is 3.33. The van der Waals surface area contributed by atoms with Gasteiger partial charge in [0.25, 0.3) is 0 Å². The van der Waals surface area contributed by atoms with E-state index in [1.807, 2.05) is 51.1 Å². The number of benzene rings is 1. The van der Waals surface area contributed by atoms with Crippen LogP contribution in [0, 0.1) is 5.92 Å². The summed E-state index contributed by atoms with van der Waals surface area (Å²) in [5.74, 6) is 0.735. The molecule has 102 valence electrons. The monoisotopic (exact) mass is 278 g/mol. The standard InChI is InChI=1S/C13H18N4OS/c1-10(2)13(3,18)9-19-12-14-15-16-17(12)11-7-5-4-6-8-11/h4-8,10,18H,9H2,1-3H3. The quantitative estimate of drug-likeness (QED) is 0.849. The Morgan fingerprint density at radius 2 is 2.00 bits per heavy atom. The van der Waals surface area contributed by atoms with E-state index in [1.165, 1.54) is 11.8 Å². The van der Waals surface area contributed by atoms with Gasteiger partial charge in [-0.1, -0.05) is 43.8 Å². The molecule has 1 unspecified atom stereocenters. The van der Waals surface area contributed by atoms with E-state index in [1.54, 1.807) is 4.68 Å². The van der Waals surface area contributed by atoms with E-state index in [-0.39, 0.29) is 5.92 Å². The zero-order valence-electron chi connectivity index (χ0n) is 11.3. The summed E-state index contributed by atoms with van der Waals surface area (Å²) in [7, 11) is 0. The summed E-state index contributed by atoms with van der Waals surface area (Å²) < 4.78 is 1.68. The van der Waals surface area contributed by atoms with Crippen LogP contribution in [0.3, 0.4) is 0 Å². The van der Waals surface area contributed by atoms with Crippen molar-refractivity contribution in [1.29, 1.82) is 0 Å². The molecule has 0 spiro atoms. The average molecular weight is 278 g/mol. The summed E-state index contributed by atoms with van der Waals surface area (Å²) in [4.78, 5) is 0. The van der Waals surface area contributed by atoms with Gasteiger partial charge in [0.05, 0.1) is 11.3 Å². The summed E-state index contributed by atoms with van der Waals surface area (Å²) in [6.07, 6.45) is 0. The maximum Gasteiger partial charge on any atom is 0.214 e. The van der Waals surface area contributed by atoms with Crippen LogP contribution in [0.1, 0.15) is 20.8 Å². The van der Waals surface area contributed by atoms with Gasteiger partial charge in [-0.05, 0) is 35.4 Å². The van der Waals surface area contributed by atoms with E-state index in [9.17, 15) is 5.11 Å². The second-order valence-electron chi connectivity index (χ2n) is 5.01. The Kier molecular flexibility index (Phi) is 4.21. The fourth-order valence-electron chi connectivity index (χ4n) is 1.38. The number of aromatic nitrogens is 4. The lowest BCUT2D eigenvalue weighted by molar-refractivity contribution is 0.0376. The van der Waals surface area contributed by atoms with Crippen molar-refractivity contribution in [2.45, 2.75) is 31.5 Å². The van der Waals surface area contributed by atoms with E-state index in [0.717, 1.165) is 5.69 Å². The lowest BCUT2D eigenvalue weighted by atomic mass is 9.95. The van der Waals surface area contributed by atoms with Gasteiger partial charge in [0.15, 0.2) is 0 Å². The van der Waals surface area contributed by atoms with E-state index < -0.39 is 5.60 Å². The molecule has 0 aliphatic heterocycles. The van der Waals surface area contributed by atoms with E-state index in [4.69, 9.17) is 0 Å². The van der Waals surface area contributed by atoms with Crippen LogP contribution >= 0.6 is 11.8 Å². The molecule has 1 heterocycles. The van der Waals surface area contributed by atoms with E-state index in [2.05, 4.69) is 15.5 Å². The zero-order chi connectivity index (χ0) is 13.9. The molecule has 19 heavy (non-hydrogen) atoms. The Labute approximate surface area is 117 Å². The first-order chi connectivity index (χ1) is 9.00. The van der Waals surface area contributed by atoms with Crippen molar-refractivity contribution in [3.63, 3.8) is 0 Å². The van der Waals surface area contributed by atoms with Gasteiger partial charge in [-0.3, -0.25) is 0 Å². The zero-order valence-corrected chi connectivity index (χ0v) is 12.1. The van der Waals surface area contributed by atoms with Crippen LogP contribution in [-0.4, -0.2) is 36.7 Å². The lowest BCUT2D eigenvalue weighted by Gasteiger charge is -2.26. The second kappa shape index (κ2) is 5.71. The van der Waals surface area contributed by atoms with Crippen molar-refractivity contribution in [2.75, 3.05) is 5.75 Å². The van der Waals surface area contributed by atoms with E-state index >= 15 is 0 Å². The van der Waals surface area contributed by atoms with Crippen LogP contribution in [-0.2, 0) is 0 Å². The Bertz CT molecular complexity index is 524.